The fraction of sp³-hybridized carbons (Fsp3) is 0.455. The molecule has 108 valence electrons. The standard InChI is InChI=1S/C11H11F6NO/c12-10(13,14)3-4-19-9-2-1-8(11(15,16)17)5-7(9)6-18/h1-2,5H,3-4,6,18H2. The normalized spacial score (nSPS) is 12.6. The van der Waals surface area contributed by atoms with Crippen molar-refractivity contribution in [1.82, 2.24) is 0 Å². The second kappa shape index (κ2) is 5.68. The van der Waals surface area contributed by atoms with Crippen LogP contribution in [-0.2, 0) is 12.7 Å². The maximum atomic E-state index is 12.4. The molecule has 0 bridgehead atoms. The zero-order valence-electron chi connectivity index (χ0n) is 9.61. The van der Waals surface area contributed by atoms with Crippen LogP contribution in [0.5, 0.6) is 5.75 Å². The van der Waals surface area contributed by atoms with E-state index in [-0.39, 0.29) is 17.9 Å². The van der Waals surface area contributed by atoms with Gasteiger partial charge >= 0.3 is 12.4 Å². The average molecular weight is 287 g/mol. The summed E-state index contributed by atoms with van der Waals surface area (Å²) in [6, 6.07) is 2.48. The summed E-state index contributed by atoms with van der Waals surface area (Å²) in [5, 5.41) is 0. The minimum atomic E-state index is -4.53. The molecule has 0 atom stereocenters. The number of benzene rings is 1. The van der Waals surface area contributed by atoms with Crippen LogP contribution in [0, 0.1) is 0 Å². The lowest BCUT2D eigenvalue weighted by Crippen LogP contribution is -2.14. The third kappa shape index (κ3) is 4.98. The van der Waals surface area contributed by atoms with Crippen LogP contribution in [-0.4, -0.2) is 12.8 Å². The number of hydrogen-bond donors (Lipinski definition) is 1. The lowest BCUT2D eigenvalue weighted by Gasteiger charge is -2.14. The number of alkyl halides is 6. The highest BCUT2D eigenvalue weighted by atomic mass is 19.4. The molecule has 19 heavy (non-hydrogen) atoms. The van der Waals surface area contributed by atoms with Gasteiger partial charge in [-0.3, -0.25) is 0 Å². The zero-order chi connectivity index (χ0) is 14.7. The van der Waals surface area contributed by atoms with E-state index in [9.17, 15) is 26.3 Å². The first-order valence-corrected chi connectivity index (χ1v) is 5.23. The molecular weight excluding hydrogens is 276 g/mol. The van der Waals surface area contributed by atoms with Crippen molar-refractivity contribution in [3.63, 3.8) is 0 Å². The number of hydrogen-bond acceptors (Lipinski definition) is 2. The molecule has 0 unspecified atom stereocenters. The van der Waals surface area contributed by atoms with Gasteiger partial charge in [-0.15, -0.1) is 0 Å². The minimum Gasteiger partial charge on any atom is -0.493 e. The van der Waals surface area contributed by atoms with E-state index in [1.54, 1.807) is 0 Å². The van der Waals surface area contributed by atoms with Gasteiger partial charge < -0.3 is 10.5 Å². The van der Waals surface area contributed by atoms with E-state index in [1.165, 1.54) is 0 Å². The first kappa shape index (κ1) is 15.6. The first-order chi connectivity index (χ1) is 8.63. The molecule has 0 saturated carbocycles. The van der Waals surface area contributed by atoms with Crippen LogP contribution in [0.25, 0.3) is 0 Å². The van der Waals surface area contributed by atoms with Gasteiger partial charge in [0.25, 0.3) is 0 Å². The Morgan fingerprint density at radius 2 is 1.68 bits per heavy atom. The number of rotatable bonds is 4. The summed E-state index contributed by atoms with van der Waals surface area (Å²) in [5.74, 6) is -0.0697. The molecule has 0 fully saturated rings. The average Bonchev–Trinajstić information content (AvgIpc) is 2.26. The molecule has 0 aliphatic rings. The zero-order valence-corrected chi connectivity index (χ0v) is 9.61. The third-order valence-corrected chi connectivity index (χ3v) is 2.25. The summed E-state index contributed by atoms with van der Waals surface area (Å²) in [6.07, 6.45) is -10.1. The highest BCUT2D eigenvalue weighted by Gasteiger charge is 2.31. The van der Waals surface area contributed by atoms with Crippen molar-refractivity contribution in [1.29, 1.82) is 0 Å². The van der Waals surface area contributed by atoms with Crippen molar-refractivity contribution in [2.24, 2.45) is 5.73 Å². The van der Waals surface area contributed by atoms with E-state index in [0.717, 1.165) is 18.2 Å². The van der Waals surface area contributed by atoms with Crippen molar-refractivity contribution in [3.8, 4) is 5.75 Å². The van der Waals surface area contributed by atoms with Gasteiger partial charge in [0.1, 0.15) is 5.75 Å². The maximum Gasteiger partial charge on any atom is 0.416 e. The van der Waals surface area contributed by atoms with Crippen LogP contribution in [0.3, 0.4) is 0 Å². The second-order valence-corrected chi connectivity index (χ2v) is 3.74. The molecular formula is C11H11F6NO. The van der Waals surface area contributed by atoms with Gasteiger partial charge in [0.15, 0.2) is 0 Å². The topological polar surface area (TPSA) is 35.2 Å². The van der Waals surface area contributed by atoms with Crippen molar-refractivity contribution in [2.45, 2.75) is 25.3 Å². The second-order valence-electron chi connectivity index (χ2n) is 3.74. The molecule has 0 spiro atoms. The van der Waals surface area contributed by atoms with Crippen LogP contribution in [0.2, 0.25) is 0 Å². The van der Waals surface area contributed by atoms with Gasteiger partial charge in [-0.25, -0.2) is 0 Å². The van der Waals surface area contributed by atoms with E-state index < -0.39 is 30.9 Å². The smallest absolute Gasteiger partial charge is 0.416 e. The summed E-state index contributed by atoms with van der Waals surface area (Å²) in [7, 11) is 0. The lowest BCUT2D eigenvalue weighted by atomic mass is 10.1. The van der Waals surface area contributed by atoms with Crippen molar-refractivity contribution in [3.05, 3.63) is 29.3 Å². The largest absolute Gasteiger partial charge is 0.493 e. The Hall–Kier alpha value is -1.44. The van der Waals surface area contributed by atoms with Crippen molar-refractivity contribution >= 4 is 0 Å². The quantitative estimate of drug-likeness (QED) is 0.860. The van der Waals surface area contributed by atoms with E-state index in [1.807, 2.05) is 0 Å². The third-order valence-electron chi connectivity index (χ3n) is 2.25. The summed E-state index contributed by atoms with van der Waals surface area (Å²) >= 11 is 0. The molecule has 0 saturated heterocycles. The molecule has 1 rings (SSSR count). The molecule has 2 nitrogen and oxygen atoms in total. The molecule has 0 aromatic heterocycles. The highest BCUT2D eigenvalue weighted by Crippen LogP contribution is 2.32. The fourth-order valence-corrected chi connectivity index (χ4v) is 1.33. The Balaban J connectivity index is 2.80. The maximum absolute atomic E-state index is 12.4. The van der Waals surface area contributed by atoms with E-state index in [0.29, 0.717) is 0 Å². The minimum absolute atomic E-state index is 0.0111. The predicted molar refractivity (Wildman–Crippen MR) is 55.5 cm³/mol. The predicted octanol–water partition coefficient (Wildman–Crippen LogP) is 3.50. The molecule has 1 aromatic rings. The van der Waals surface area contributed by atoms with Gasteiger partial charge in [0.05, 0.1) is 18.6 Å². The first-order valence-electron chi connectivity index (χ1n) is 5.23. The Morgan fingerprint density at radius 3 is 2.16 bits per heavy atom. The van der Waals surface area contributed by atoms with E-state index in [2.05, 4.69) is 0 Å². The van der Waals surface area contributed by atoms with Gasteiger partial charge in [0.2, 0.25) is 0 Å². The summed E-state index contributed by atoms with van der Waals surface area (Å²) in [5.41, 5.74) is 4.34. The van der Waals surface area contributed by atoms with Gasteiger partial charge in [0, 0.05) is 12.1 Å². The van der Waals surface area contributed by atoms with Gasteiger partial charge in [-0.1, -0.05) is 0 Å². The van der Waals surface area contributed by atoms with Crippen LogP contribution in [0.15, 0.2) is 18.2 Å². The number of nitrogens with two attached hydrogens (primary N) is 1. The fourth-order valence-electron chi connectivity index (χ4n) is 1.33. The number of ether oxygens (including phenoxy) is 1. The van der Waals surface area contributed by atoms with Crippen molar-refractivity contribution in [2.75, 3.05) is 6.61 Å². The van der Waals surface area contributed by atoms with Crippen LogP contribution < -0.4 is 10.5 Å². The Labute approximate surface area is 105 Å². The summed E-state index contributed by atoms with van der Waals surface area (Å²) in [6.45, 7) is -0.923. The van der Waals surface area contributed by atoms with Gasteiger partial charge in [-0.2, -0.15) is 26.3 Å². The monoisotopic (exact) mass is 287 g/mol. The lowest BCUT2D eigenvalue weighted by molar-refractivity contribution is -0.139. The highest BCUT2D eigenvalue weighted by molar-refractivity contribution is 5.38. The Morgan fingerprint density at radius 1 is 1.05 bits per heavy atom. The number of halogens is 6. The molecule has 0 amide bonds. The molecule has 1 aromatic carbocycles. The van der Waals surface area contributed by atoms with E-state index in [4.69, 9.17) is 10.5 Å². The summed E-state index contributed by atoms with van der Waals surface area (Å²) in [4.78, 5) is 0. The molecule has 0 aliphatic heterocycles. The molecule has 8 heteroatoms. The molecule has 2 N–H and O–H groups in total. The van der Waals surface area contributed by atoms with Gasteiger partial charge in [-0.05, 0) is 18.2 Å². The van der Waals surface area contributed by atoms with Crippen molar-refractivity contribution < 1.29 is 31.1 Å². The molecule has 0 radical (unpaired) electrons. The van der Waals surface area contributed by atoms with Crippen LogP contribution >= 0.6 is 0 Å². The van der Waals surface area contributed by atoms with Crippen LogP contribution in [0.4, 0.5) is 26.3 Å². The van der Waals surface area contributed by atoms with E-state index >= 15 is 0 Å². The molecule has 0 aliphatic carbocycles. The molecule has 0 heterocycles. The summed E-state index contributed by atoms with van der Waals surface area (Å²) < 4.78 is 77.8. The Kier molecular flexibility index (Phi) is 4.67. The Bertz CT molecular complexity index is 426. The SMILES string of the molecule is NCc1cc(C(F)(F)F)ccc1OCCC(F)(F)F. The van der Waals surface area contributed by atoms with Crippen LogP contribution in [0.1, 0.15) is 17.5 Å².